The van der Waals surface area contributed by atoms with Crippen molar-refractivity contribution in [2.75, 3.05) is 26.2 Å². The number of thiol groups is 1. The molecule has 0 N–H and O–H groups in total. The van der Waals surface area contributed by atoms with Gasteiger partial charge in [-0.25, -0.2) is 0 Å². The standard InChI is InChI=1S/C7H15NOS2.Na.H/c1-3-8(4-2)5-6-9-7(10)11;;/h3-6H2,1-2H3,(H,10,11);;. The van der Waals surface area contributed by atoms with Gasteiger partial charge in [0, 0.05) is 6.54 Å². The second-order valence-electron chi connectivity index (χ2n) is 2.14. The van der Waals surface area contributed by atoms with Crippen molar-refractivity contribution in [1.82, 2.24) is 4.90 Å². The van der Waals surface area contributed by atoms with Crippen molar-refractivity contribution in [2.24, 2.45) is 0 Å². The Morgan fingerprint density at radius 1 is 1.42 bits per heavy atom. The van der Waals surface area contributed by atoms with E-state index in [-0.39, 0.29) is 29.6 Å². The molecule has 0 aromatic carbocycles. The summed E-state index contributed by atoms with van der Waals surface area (Å²) in [7, 11) is 0. The van der Waals surface area contributed by atoms with Gasteiger partial charge in [0.1, 0.15) is 6.61 Å². The van der Waals surface area contributed by atoms with Crippen LogP contribution in [0.3, 0.4) is 0 Å². The summed E-state index contributed by atoms with van der Waals surface area (Å²) in [6.07, 6.45) is 0. The summed E-state index contributed by atoms with van der Waals surface area (Å²) in [4.78, 5) is 2.27. The van der Waals surface area contributed by atoms with Crippen molar-refractivity contribution >= 4 is 58.8 Å². The molecule has 0 saturated heterocycles. The minimum absolute atomic E-state index is 0. The zero-order chi connectivity index (χ0) is 8.69. The van der Waals surface area contributed by atoms with Gasteiger partial charge in [-0.15, -0.1) is 0 Å². The van der Waals surface area contributed by atoms with E-state index in [4.69, 9.17) is 4.74 Å². The van der Waals surface area contributed by atoms with Crippen molar-refractivity contribution in [3.63, 3.8) is 0 Å². The van der Waals surface area contributed by atoms with Crippen LogP contribution in [0.5, 0.6) is 0 Å². The van der Waals surface area contributed by atoms with E-state index in [0.29, 0.717) is 11.0 Å². The maximum atomic E-state index is 5.03. The Bertz CT molecular complexity index is 120. The Morgan fingerprint density at radius 3 is 2.25 bits per heavy atom. The molecule has 0 aliphatic heterocycles. The van der Waals surface area contributed by atoms with Gasteiger partial charge < -0.3 is 9.64 Å². The molecule has 0 amide bonds. The normalized spacial score (nSPS) is 9.33. The second kappa shape index (κ2) is 10.3. The maximum absolute atomic E-state index is 5.03. The Hall–Kier alpha value is 1.20. The first-order valence-electron chi connectivity index (χ1n) is 3.78. The van der Waals surface area contributed by atoms with Crippen LogP contribution in [0, 0.1) is 0 Å². The minimum atomic E-state index is 0. The van der Waals surface area contributed by atoms with Crippen molar-refractivity contribution < 1.29 is 4.74 Å². The first-order chi connectivity index (χ1) is 5.20. The van der Waals surface area contributed by atoms with Crippen LogP contribution in [-0.4, -0.2) is 65.1 Å². The van der Waals surface area contributed by atoms with Crippen LogP contribution in [0.1, 0.15) is 13.8 Å². The third-order valence-corrected chi connectivity index (χ3v) is 1.77. The van der Waals surface area contributed by atoms with Crippen molar-refractivity contribution in [1.29, 1.82) is 0 Å². The second-order valence-corrected chi connectivity index (χ2v) is 3.22. The number of likely N-dealkylation sites (N-methyl/N-ethyl adjacent to an activating group) is 1. The van der Waals surface area contributed by atoms with Crippen molar-refractivity contribution in [3.05, 3.63) is 0 Å². The molecule has 0 aliphatic rings. The third-order valence-electron chi connectivity index (χ3n) is 1.53. The van der Waals surface area contributed by atoms with Crippen LogP contribution in [0.4, 0.5) is 0 Å². The molecule has 0 bridgehead atoms. The van der Waals surface area contributed by atoms with Crippen LogP contribution in [0.15, 0.2) is 0 Å². The molecule has 0 radical (unpaired) electrons. The van der Waals surface area contributed by atoms with Gasteiger partial charge in [0.2, 0.25) is 4.38 Å². The number of nitrogens with zero attached hydrogens (tertiary/aromatic N) is 1. The number of hydrogen-bond acceptors (Lipinski definition) is 3. The molecule has 0 aromatic rings. The van der Waals surface area contributed by atoms with Crippen LogP contribution in [0.2, 0.25) is 0 Å². The van der Waals surface area contributed by atoms with Gasteiger partial charge in [-0.3, -0.25) is 0 Å². The molecule has 0 unspecified atom stereocenters. The summed E-state index contributed by atoms with van der Waals surface area (Å²) in [5.41, 5.74) is 0. The van der Waals surface area contributed by atoms with Gasteiger partial charge in [-0.05, 0) is 25.3 Å². The zero-order valence-electron chi connectivity index (χ0n) is 7.04. The van der Waals surface area contributed by atoms with E-state index in [9.17, 15) is 0 Å². The zero-order valence-corrected chi connectivity index (χ0v) is 8.75. The van der Waals surface area contributed by atoms with Crippen LogP contribution >= 0.6 is 24.8 Å². The predicted octanol–water partition coefficient (Wildman–Crippen LogP) is 0.911. The number of hydrogen-bond donors (Lipinski definition) is 1. The molecule has 0 spiro atoms. The Labute approximate surface area is 108 Å². The van der Waals surface area contributed by atoms with Gasteiger partial charge in [-0.2, -0.15) is 0 Å². The number of ether oxygens (including phenoxy) is 1. The summed E-state index contributed by atoms with van der Waals surface area (Å²) in [5.74, 6) is 0. The quantitative estimate of drug-likeness (QED) is 0.418. The van der Waals surface area contributed by atoms with Crippen molar-refractivity contribution in [2.45, 2.75) is 13.8 Å². The molecule has 2 nitrogen and oxygen atoms in total. The number of rotatable bonds is 5. The van der Waals surface area contributed by atoms with Crippen LogP contribution in [0.25, 0.3) is 0 Å². The van der Waals surface area contributed by atoms with E-state index in [0.717, 1.165) is 19.6 Å². The van der Waals surface area contributed by atoms with Crippen molar-refractivity contribution in [3.8, 4) is 0 Å². The molecule has 0 heterocycles. The fraction of sp³-hybridized carbons (Fsp3) is 0.857. The van der Waals surface area contributed by atoms with E-state index >= 15 is 0 Å². The van der Waals surface area contributed by atoms with Gasteiger partial charge in [0.05, 0.1) is 0 Å². The topological polar surface area (TPSA) is 12.5 Å². The van der Waals surface area contributed by atoms with Gasteiger partial charge in [0.15, 0.2) is 0 Å². The molecule has 0 rings (SSSR count). The first-order valence-corrected chi connectivity index (χ1v) is 4.64. The molecule has 0 aromatic heterocycles. The number of thiocarbonyl (C=S) groups is 1. The molecule has 5 heteroatoms. The first kappa shape index (κ1) is 15.7. The van der Waals surface area contributed by atoms with Gasteiger partial charge in [-0.1, -0.05) is 26.5 Å². The average molecular weight is 217 g/mol. The van der Waals surface area contributed by atoms with E-state index in [1.165, 1.54) is 0 Å². The fourth-order valence-electron chi connectivity index (χ4n) is 0.802. The predicted molar refractivity (Wildman–Crippen MR) is 62.5 cm³/mol. The Morgan fingerprint density at radius 2 is 1.92 bits per heavy atom. The molecule has 0 fully saturated rings. The summed E-state index contributed by atoms with van der Waals surface area (Å²) >= 11 is 8.49. The molecular formula is C7H16NNaOS2. The molecule has 0 saturated carbocycles. The van der Waals surface area contributed by atoms with E-state index in [1.807, 2.05) is 0 Å². The summed E-state index contributed by atoms with van der Waals surface area (Å²) < 4.78 is 5.36. The third kappa shape index (κ3) is 9.29. The molecule has 0 atom stereocenters. The summed E-state index contributed by atoms with van der Waals surface area (Å²) in [6.45, 7) is 7.93. The summed E-state index contributed by atoms with van der Waals surface area (Å²) in [6, 6.07) is 0. The average Bonchev–Trinajstić information content (AvgIpc) is 1.98. The Balaban J connectivity index is 0. The van der Waals surface area contributed by atoms with Crippen LogP contribution in [-0.2, 0) is 4.74 Å². The molecule has 68 valence electrons. The van der Waals surface area contributed by atoms with E-state index in [2.05, 4.69) is 43.6 Å². The monoisotopic (exact) mass is 217 g/mol. The van der Waals surface area contributed by atoms with E-state index in [1.54, 1.807) is 0 Å². The van der Waals surface area contributed by atoms with Gasteiger partial charge in [0.25, 0.3) is 0 Å². The molecule has 0 aliphatic carbocycles. The summed E-state index contributed by atoms with van der Waals surface area (Å²) in [5, 5.41) is 0. The molecule has 12 heavy (non-hydrogen) atoms. The van der Waals surface area contributed by atoms with E-state index < -0.39 is 0 Å². The molecular weight excluding hydrogens is 201 g/mol. The van der Waals surface area contributed by atoms with Crippen LogP contribution < -0.4 is 0 Å². The Kier molecular flexibility index (Phi) is 13.4. The fourth-order valence-corrected chi connectivity index (χ4v) is 0.977. The van der Waals surface area contributed by atoms with Gasteiger partial charge >= 0.3 is 29.6 Å². The SMILES string of the molecule is CCN(CC)CCOC(=S)S.[NaH].